The summed E-state index contributed by atoms with van der Waals surface area (Å²) in [6.45, 7) is 9.08. The van der Waals surface area contributed by atoms with E-state index in [0.717, 1.165) is 12.2 Å². The first-order chi connectivity index (χ1) is 4.66. The van der Waals surface area contributed by atoms with Crippen LogP contribution in [0.15, 0.2) is 12.3 Å². The smallest absolute Gasteiger partial charge is 0.0976 e. The predicted octanol–water partition coefficient (Wildman–Crippen LogP) is 1.40. The van der Waals surface area contributed by atoms with Crippen molar-refractivity contribution in [1.82, 2.24) is 5.32 Å². The predicted molar refractivity (Wildman–Crippen MR) is 47.2 cm³/mol. The molecule has 0 aliphatic rings. The number of hydrogen-bond acceptors (Lipinski definition) is 3. The fourth-order valence-corrected chi connectivity index (χ4v) is 0.597. The SMILES string of the molecule is C=C(COC(C)S)NCC. The van der Waals surface area contributed by atoms with Gasteiger partial charge in [-0.2, -0.15) is 0 Å². The van der Waals surface area contributed by atoms with Gasteiger partial charge in [0, 0.05) is 12.2 Å². The van der Waals surface area contributed by atoms with Gasteiger partial charge in [-0.1, -0.05) is 6.58 Å². The van der Waals surface area contributed by atoms with Crippen molar-refractivity contribution in [2.24, 2.45) is 0 Å². The Morgan fingerprint density at radius 1 is 1.80 bits per heavy atom. The second-order valence-corrected chi connectivity index (χ2v) is 2.77. The van der Waals surface area contributed by atoms with Gasteiger partial charge in [0.25, 0.3) is 0 Å². The van der Waals surface area contributed by atoms with Crippen LogP contribution in [0.25, 0.3) is 0 Å². The molecule has 0 aromatic rings. The van der Waals surface area contributed by atoms with E-state index in [2.05, 4.69) is 24.5 Å². The molecule has 0 bridgehead atoms. The fraction of sp³-hybridized carbons (Fsp3) is 0.714. The molecule has 0 amide bonds. The van der Waals surface area contributed by atoms with E-state index in [4.69, 9.17) is 4.74 Å². The second kappa shape index (κ2) is 5.62. The molecule has 0 radical (unpaired) electrons. The first-order valence-electron chi connectivity index (χ1n) is 3.38. The van der Waals surface area contributed by atoms with Crippen molar-refractivity contribution >= 4 is 12.6 Å². The molecule has 0 aliphatic carbocycles. The minimum absolute atomic E-state index is 0.0181. The van der Waals surface area contributed by atoms with Crippen LogP contribution in [-0.2, 0) is 4.74 Å². The molecule has 1 atom stereocenters. The summed E-state index contributed by atoms with van der Waals surface area (Å²) >= 11 is 4.05. The molecule has 1 unspecified atom stereocenters. The van der Waals surface area contributed by atoms with Gasteiger partial charge in [0.15, 0.2) is 0 Å². The molecule has 10 heavy (non-hydrogen) atoms. The third kappa shape index (κ3) is 5.98. The highest BCUT2D eigenvalue weighted by Gasteiger charge is 1.94. The van der Waals surface area contributed by atoms with Crippen molar-refractivity contribution in [3.63, 3.8) is 0 Å². The van der Waals surface area contributed by atoms with Crippen LogP contribution in [0.3, 0.4) is 0 Å². The number of rotatable bonds is 5. The second-order valence-electron chi connectivity index (χ2n) is 2.04. The van der Waals surface area contributed by atoms with E-state index >= 15 is 0 Å². The monoisotopic (exact) mass is 161 g/mol. The van der Waals surface area contributed by atoms with E-state index in [1.807, 2.05) is 13.8 Å². The molecular weight excluding hydrogens is 146 g/mol. The normalized spacial score (nSPS) is 12.7. The summed E-state index contributed by atoms with van der Waals surface area (Å²) in [6, 6.07) is 0. The maximum absolute atomic E-state index is 5.16. The molecule has 2 nitrogen and oxygen atoms in total. The quantitative estimate of drug-likeness (QED) is 0.470. The Labute approximate surface area is 68.1 Å². The van der Waals surface area contributed by atoms with E-state index in [-0.39, 0.29) is 5.44 Å². The highest BCUT2D eigenvalue weighted by molar-refractivity contribution is 7.80. The number of nitrogens with one attached hydrogen (secondary N) is 1. The lowest BCUT2D eigenvalue weighted by Crippen LogP contribution is -2.17. The summed E-state index contributed by atoms with van der Waals surface area (Å²) in [7, 11) is 0. The van der Waals surface area contributed by atoms with E-state index in [9.17, 15) is 0 Å². The van der Waals surface area contributed by atoms with Gasteiger partial charge in [-0.25, -0.2) is 0 Å². The van der Waals surface area contributed by atoms with Gasteiger partial charge < -0.3 is 10.1 Å². The van der Waals surface area contributed by atoms with Gasteiger partial charge in [0.1, 0.15) is 0 Å². The molecule has 0 aromatic carbocycles. The van der Waals surface area contributed by atoms with Crippen LogP contribution < -0.4 is 5.32 Å². The molecule has 0 spiro atoms. The molecule has 0 aliphatic heterocycles. The molecule has 0 heterocycles. The van der Waals surface area contributed by atoms with Gasteiger partial charge in [0.05, 0.1) is 12.0 Å². The Bertz CT molecular complexity index is 104. The molecule has 0 saturated heterocycles. The first-order valence-corrected chi connectivity index (χ1v) is 3.89. The van der Waals surface area contributed by atoms with Gasteiger partial charge in [-0.3, -0.25) is 0 Å². The minimum Gasteiger partial charge on any atom is -0.387 e. The molecular formula is C7H15NOS. The summed E-state index contributed by atoms with van der Waals surface area (Å²) in [5, 5.41) is 3.05. The molecule has 0 rings (SSSR count). The van der Waals surface area contributed by atoms with Crippen LogP contribution in [0, 0.1) is 0 Å². The van der Waals surface area contributed by atoms with Crippen LogP contribution in [0.1, 0.15) is 13.8 Å². The average molecular weight is 161 g/mol. The lowest BCUT2D eigenvalue weighted by molar-refractivity contribution is 0.143. The molecule has 0 saturated carbocycles. The van der Waals surface area contributed by atoms with E-state index in [1.54, 1.807) is 0 Å². The maximum Gasteiger partial charge on any atom is 0.0976 e. The molecule has 1 N–H and O–H groups in total. The third-order valence-electron chi connectivity index (χ3n) is 0.926. The average Bonchev–Trinajstić information content (AvgIpc) is 1.85. The van der Waals surface area contributed by atoms with Crippen LogP contribution >= 0.6 is 12.6 Å². The summed E-state index contributed by atoms with van der Waals surface area (Å²) < 4.78 is 5.16. The number of hydrogen-bond donors (Lipinski definition) is 2. The zero-order valence-corrected chi connectivity index (χ0v) is 7.45. The van der Waals surface area contributed by atoms with Crippen molar-refractivity contribution in [2.45, 2.75) is 19.3 Å². The number of likely N-dealkylation sites (N-methyl/N-ethyl adjacent to an activating group) is 1. The highest BCUT2D eigenvalue weighted by Crippen LogP contribution is 1.96. The molecule has 0 aromatic heterocycles. The highest BCUT2D eigenvalue weighted by atomic mass is 32.1. The van der Waals surface area contributed by atoms with Crippen molar-refractivity contribution < 1.29 is 4.74 Å². The van der Waals surface area contributed by atoms with E-state index in [0.29, 0.717) is 6.61 Å². The summed E-state index contributed by atoms with van der Waals surface area (Å²) in [4.78, 5) is 0. The number of ether oxygens (including phenoxy) is 1. The Kier molecular flexibility index (Phi) is 5.54. The zero-order chi connectivity index (χ0) is 7.98. The Hall–Kier alpha value is -0.150. The van der Waals surface area contributed by atoms with Crippen LogP contribution in [0.5, 0.6) is 0 Å². The molecule has 0 fully saturated rings. The molecule has 60 valence electrons. The largest absolute Gasteiger partial charge is 0.387 e. The van der Waals surface area contributed by atoms with E-state index in [1.165, 1.54) is 0 Å². The van der Waals surface area contributed by atoms with E-state index < -0.39 is 0 Å². The Balaban J connectivity index is 3.22. The lowest BCUT2D eigenvalue weighted by atomic mass is 10.5. The standard InChI is InChI=1S/C7H15NOS/c1-4-8-6(2)5-9-7(3)10/h7-8,10H,2,4-5H2,1,3H3. The summed E-state index contributed by atoms with van der Waals surface area (Å²) in [6.07, 6.45) is 0. The topological polar surface area (TPSA) is 21.3 Å². The first kappa shape index (κ1) is 9.85. The van der Waals surface area contributed by atoms with Crippen LogP contribution in [0.2, 0.25) is 0 Å². The van der Waals surface area contributed by atoms with Crippen molar-refractivity contribution in [3.8, 4) is 0 Å². The summed E-state index contributed by atoms with van der Waals surface area (Å²) in [5.41, 5.74) is 0.888. The Morgan fingerprint density at radius 3 is 2.80 bits per heavy atom. The van der Waals surface area contributed by atoms with Crippen molar-refractivity contribution in [3.05, 3.63) is 12.3 Å². The van der Waals surface area contributed by atoms with Crippen molar-refractivity contribution in [1.29, 1.82) is 0 Å². The van der Waals surface area contributed by atoms with Gasteiger partial charge in [-0.05, 0) is 13.8 Å². The van der Waals surface area contributed by atoms with Gasteiger partial charge >= 0.3 is 0 Å². The Morgan fingerprint density at radius 2 is 2.40 bits per heavy atom. The molecule has 3 heteroatoms. The van der Waals surface area contributed by atoms with Gasteiger partial charge in [0.2, 0.25) is 0 Å². The zero-order valence-electron chi connectivity index (χ0n) is 6.55. The van der Waals surface area contributed by atoms with Crippen LogP contribution in [-0.4, -0.2) is 18.6 Å². The summed E-state index contributed by atoms with van der Waals surface area (Å²) in [5.74, 6) is 0. The lowest BCUT2D eigenvalue weighted by Gasteiger charge is -2.09. The van der Waals surface area contributed by atoms with Gasteiger partial charge in [-0.15, -0.1) is 12.6 Å². The van der Waals surface area contributed by atoms with Crippen molar-refractivity contribution in [2.75, 3.05) is 13.2 Å². The minimum atomic E-state index is -0.0181. The fourth-order valence-electron chi connectivity index (χ4n) is 0.522. The van der Waals surface area contributed by atoms with Crippen LogP contribution in [0.4, 0.5) is 0 Å². The number of thiol groups is 1. The third-order valence-corrected chi connectivity index (χ3v) is 1.07. The maximum atomic E-state index is 5.16.